The van der Waals surface area contributed by atoms with E-state index in [1.54, 1.807) is 6.92 Å². The normalized spacial score (nSPS) is 12.2. The van der Waals surface area contributed by atoms with Gasteiger partial charge < -0.3 is 10.4 Å². The molecule has 1 aromatic heterocycles. The molecular formula is C9H16N4O2S. The van der Waals surface area contributed by atoms with Crippen molar-refractivity contribution < 1.29 is 9.90 Å². The van der Waals surface area contributed by atoms with Crippen molar-refractivity contribution in [1.82, 2.24) is 15.5 Å². The smallest absolute Gasteiger partial charge is 0.321 e. The summed E-state index contributed by atoms with van der Waals surface area (Å²) in [5.41, 5.74) is 0. The van der Waals surface area contributed by atoms with Gasteiger partial charge in [0.15, 0.2) is 0 Å². The monoisotopic (exact) mass is 244 g/mol. The molecule has 16 heavy (non-hydrogen) atoms. The molecule has 1 aromatic rings. The van der Waals surface area contributed by atoms with Crippen molar-refractivity contribution in [2.24, 2.45) is 0 Å². The first-order valence-electron chi connectivity index (χ1n) is 5.16. The molecule has 0 spiro atoms. The van der Waals surface area contributed by atoms with Gasteiger partial charge in [-0.2, -0.15) is 0 Å². The molecule has 0 fully saturated rings. The van der Waals surface area contributed by atoms with E-state index < -0.39 is 0 Å². The second kappa shape index (κ2) is 6.39. The van der Waals surface area contributed by atoms with Crippen LogP contribution in [0.5, 0.6) is 0 Å². The number of nitrogens with one attached hydrogen (secondary N) is 2. The lowest BCUT2D eigenvalue weighted by Gasteiger charge is -2.09. The van der Waals surface area contributed by atoms with Crippen molar-refractivity contribution in [2.45, 2.75) is 32.7 Å². The molecular weight excluding hydrogens is 228 g/mol. The van der Waals surface area contributed by atoms with Crippen LogP contribution >= 0.6 is 11.3 Å². The van der Waals surface area contributed by atoms with Gasteiger partial charge >= 0.3 is 6.03 Å². The number of aryl methyl sites for hydroxylation is 1. The molecule has 0 saturated carbocycles. The molecule has 0 saturated heterocycles. The molecule has 0 aliphatic carbocycles. The molecule has 0 aliphatic heterocycles. The summed E-state index contributed by atoms with van der Waals surface area (Å²) in [6, 6.07) is -0.649. The fourth-order valence-corrected chi connectivity index (χ4v) is 1.86. The number of urea groups is 1. The second-order valence-electron chi connectivity index (χ2n) is 3.43. The molecule has 0 unspecified atom stereocenters. The Balaban J connectivity index is 2.43. The second-order valence-corrected chi connectivity index (χ2v) is 4.50. The average Bonchev–Trinajstić information content (AvgIpc) is 2.65. The largest absolute Gasteiger partial charge is 0.394 e. The number of amides is 2. The van der Waals surface area contributed by atoms with E-state index in [9.17, 15) is 4.79 Å². The molecule has 7 heteroatoms. The van der Waals surface area contributed by atoms with Gasteiger partial charge in [0.05, 0.1) is 12.6 Å². The summed E-state index contributed by atoms with van der Waals surface area (Å²) in [5, 5.41) is 23.0. The van der Waals surface area contributed by atoms with E-state index in [0.717, 1.165) is 17.8 Å². The van der Waals surface area contributed by atoms with E-state index in [1.165, 1.54) is 11.3 Å². The van der Waals surface area contributed by atoms with E-state index in [2.05, 4.69) is 27.8 Å². The van der Waals surface area contributed by atoms with Crippen LogP contribution in [-0.4, -0.2) is 34.0 Å². The van der Waals surface area contributed by atoms with Crippen LogP contribution in [0.1, 0.15) is 25.3 Å². The molecule has 1 atom stereocenters. The average molecular weight is 244 g/mol. The van der Waals surface area contributed by atoms with Gasteiger partial charge in [-0.3, -0.25) is 5.32 Å². The molecule has 1 heterocycles. The number of aliphatic hydroxyl groups is 1. The molecule has 0 bridgehead atoms. The highest BCUT2D eigenvalue weighted by Gasteiger charge is 2.09. The summed E-state index contributed by atoms with van der Waals surface area (Å²) in [6.45, 7) is 3.68. The van der Waals surface area contributed by atoms with Crippen LogP contribution in [0.15, 0.2) is 0 Å². The van der Waals surface area contributed by atoms with Gasteiger partial charge in [0.25, 0.3) is 0 Å². The quantitative estimate of drug-likeness (QED) is 0.721. The Kier molecular flexibility index (Phi) is 5.13. The number of carbonyl (C=O) groups excluding carboxylic acids is 1. The number of aromatic nitrogens is 2. The van der Waals surface area contributed by atoms with Crippen LogP contribution in [0.4, 0.5) is 9.93 Å². The highest BCUT2D eigenvalue weighted by Crippen LogP contribution is 2.16. The van der Waals surface area contributed by atoms with Crippen LogP contribution in [0.2, 0.25) is 0 Å². The Morgan fingerprint density at radius 3 is 2.94 bits per heavy atom. The highest BCUT2D eigenvalue weighted by atomic mass is 32.1. The Bertz CT molecular complexity index is 342. The highest BCUT2D eigenvalue weighted by molar-refractivity contribution is 7.15. The van der Waals surface area contributed by atoms with Crippen LogP contribution in [0.25, 0.3) is 0 Å². The first-order chi connectivity index (χ1) is 7.65. The molecule has 6 nitrogen and oxygen atoms in total. The van der Waals surface area contributed by atoms with E-state index in [-0.39, 0.29) is 18.7 Å². The van der Waals surface area contributed by atoms with Crippen LogP contribution < -0.4 is 10.6 Å². The lowest BCUT2D eigenvalue weighted by atomic mass is 10.4. The summed E-state index contributed by atoms with van der Waals surface area (Å²) in [4.78, 5) is 11.4. The molecule has 2 amide bonds. The Morgan fingerprint density at radius 2 is 2.31 bits per heavy atom. The van der Waals surface area contributed by atoms with Gasteiger partial charge in [-0.1, -0.05) is 18.3 Å². The first kappa shape index (κ1) is 12.9. The molecule has 90 valence electrons. The van der Waals surface area contributed by atoms with Crippen LogP contribution in [0.3, 0.4) is 0 Å². The summed E-state index contributed by atoms with van der Waals surface area (Å²) in [6.07, 6.45) is 1.87. The number of hydrogen-bond donors (Lipinski definition) is 3. The Morgan fingerprint density at radius 1 is 1.56 bits per heavy atom. The Hall–Kier alpha value is -1.21. The number of rotatable bonds is 5. The zero-order valence-electron chi connectivity index (χ0n) is 9.36. The lowest BCUT2D eigenvalue weighted by molar-refractivity contribution is 0.229. The van der Waals surface area contributed by atoms with Crippen LogP contribution in [-0.2, 0) is 6.42 Å². The maximum absolute atomic E-state index is 11.4. The zero-order chi connectivity index (χ0) is 12.0. The van der Waals surface area contributed by atoms with E-state index in [0.29, 0.717) is 5.13 Å². The van der Waals surface area contributed by atoms with Gasteiger partial charge in [0.2, 0.25) is 5.13 Å². The van der Waals surface area contributed by atoms with Crippen molar-refractivity contribution in [3.8, 4) is 0 Å². The molecule has 3 N–H and O–H groups in total. The summed E-state index contributed by atoms with van der Waals surface area (Å²) in [5.74, 6) is 0. The molecule has 0 aromatic carbocycles. The molecule has 0 radical (unpaired) electrons. The van der Waals surface area contributed by atoms with Crippen molar-refractivity contribution in [1.29, 1.82) is 0 Å². The van der Waals surface area contributed by atoms with Gasteiger partial charge in [0.1, 0.15) is 5.01 Å². The van der Waals surface area contributed by atoms with Crippen LogP contribution in [0, 0.1) is 0 Å². The number of aliphatic hydroxyl groups excluding tert-OH is 1. The predicted molar refractivity (Wildman–Crippen MR) is 62.6 cm³/mol. The number of carbonyl (C=O) groups is 1. The number of anilines is 1. The van der Waals surface area contributed by atoms with Gasteiger partial charge in [-0.15, -0.1) is 10.2 Å². The van der Waals surface area contributed by atoms with Crippen molar-refractivity contribution in [3.05, 3.63) is 5.01 Å². The SMILES string of the molecule is CCCc1nnc(NC(=O)N[C@@H](C)CO)s1. The first-order valence-corrected chi connectivity index (χ1v) is 5.98. The lowest BCUT2D eigenvalue weighted by Crippen LogP contribution is -2.38. The number of hydrogen-bond acceptors (Lipinski definition) is 5. The maximum atomic E-state index is 11.4. The molecule has 1 rings (SSSR count). The predicted octanol–water partition coefficient (Wildman–Crippen LogP) is 0.993. The van der Waals surface area contributed by atoms with E-state index in [1.807, 2.05) is 0 Å². The summed E-state index contributed by atoms with van der Waals surface area (Å²) >= 11 is 1.36. The van der Waals surface area contributed by atoms with E-state index >= 15 is 0 Å². The topological polar surface area (TPSA) is 87.1 Å². The minimum atomic E-state index is -0.374. The fourth-order valence-electron chi connectivity index (χ4n) is 1.02. The standard InChI is InChI=1S/C9H16N4O2S/c1-3-4-7-12-13-9(16-7)11-8(15)10-6(2)5-14/h6,14H,3-5H2,1-2H3,(H2,10,11,13,15)/t6-/m0/s1. The molecule has 0 aliphatic rings. The van der Waals surface area contributed by atoms with Gasteiger partial charge in [0, 0.05) is 6.42 Å². The van der Waals surface area contributed by atoms with E-state index in [4.69, 9.17) is 5.11 Å². The third-order valence-corrected chi connectivity index (χ3v) is 2.70. The van der Waals surface area contributed by atoms with Crippen molar-refractivity contribution in [2.75, 3.05) is 11.9 Å². The van der Waals surface area contributed by atoms with Gasteiger partial charge in [-0.05, 0) is 13.3 Å². The summed E-state index contributed by atoms with van der Waals surface area (Å²) < 4.78 is 0. The fraction of sp³-hybridized carbons (Fsp3) is 0.667. The minimum Gasteiger partial charge on any atom is -0.394 e. The zero-order valence-corrected chi connectivity index (χ0v) is 10.2. The van der Waals surface area contributed by atoms with Gasteiger partial charge in [-0.25, -0.2) is 4.79 Å². The number of nitrogens with zero attached hydrogens (tertiary/aromatic N) is 2. The summed E-state index contributed by atoms with van der Waals surface area (Å²) in [7, 11) is 0. The maximum Gasteiger partial charge on any atom is 0.321 e. The van der Waals surface area contributed by atoms with Crippen molar-refractivity contribution >= 4 is 22.5 Å². The minimum absolute atomic E-state index is 0.0926. The third-order valence-electron chi connectivity index (χ3n) is 1.80. The van der Waals surface area contributed by atoms with Crippen molar-refractivity contribution in [3.63, 3.8) is 0 Å². The third kappa shape index (κ3) is 4.11. The Labute approximate surface area is 98.1 Å².